The Bertz CT molecular complexity index is 1140. The number of amides is 1. The highest BCUT2D eigenvalue weighted by Crippen LogP contribution is 2.25. The number of ether oxygens (including phenoxy) is 2. The highest BCUT2D eigenvalue weighted by molar-refractivity contribution is 7.90. The first-order chi connectivity index (χ1) is 14.3. The summed E-state index contributed by atoms with van der Waals surface area (Å²) >= 11 is 0. The molecule has 0 aliphatic heterocycles. The van der Waals surface area contributed by atoms with Crippen LogP contribution in [0.2, 0.25) is 0 Å². The first-order valence-corrected chi connectivity index (χ1v) is 10.8. The summed E-state index contributed by atoms with van der Waals surface area (Å²) in [6.45, 7) is 0. The van der Waals surface area contributed by atoms with E-state index in [2.05, 4.69) is 15.5 Å². The van der Waals surface area contributed by atoms with Crippen molar-refractivity contribution in [1.29, 1.82) is 0 Å². The van der Waals surface area contributed by atoms with E-state index in [1.807, 2.05) is 0 Å². The number of carbonyl (C=O) groups excluding carboxylic acids is 1. The number of hydrogen-bond acceptors (Lipinski definition) is 8. The minimum absolute atomic E-state index is 0.0183. The van der Waals surface area contributed by atoms with Gasteiger partial charge in [-0.1, -0.05) is 23.3 Å². The predicted molar refractivity (Wildman–Crippen MR) is 109 cm³/mol. The molecular formula is C20H21N3O6S. The van der Waals surface area contributed by atoms with Crippen molar-refractivity contribution in [1.82, 2.24) is 10.2 Å². The molecule has 0 saturated heterocycles. The van der Waals surface area contributed by atoms with Crippen LogP contribution in [0.1, 0.15) is 17.0 Å². The van der Waals surface area contributed by atoms with Crippen LogP contribution < -0.4 is 14.8 Å². The van der Waals surface area contributed by atoms with E-state index in [9.17, 15) is 13.2 Å². The normalized spacial score (nSPS) is 11.2. The Morgan fingerprint density at radius 2 is 1.80 bits per heavy atom. The van der Waals surface area contributed by atoms with Gasteiger partial charge in [0.2, 0.25) is 11.8 Å². The van der Waals surface area contributed by atoms with Gasteiger partial charge in [-0.25, -0.2) is 8.42 Å². The second-order valence-corrected chi connectivity index (χ2v) is 8.51. The molecule has 9 nitrogen and oxygen atoms in total. The Morgan fingerprint density at radius 1 is 1.07 bits per heavy atom. The van der Waals surface area contributed by atoms with E-state index in [4.69, 9.17) is 13.9 Å². The zero-order valence-electron chi connectivity index (χ0n) is 16.7. The van der Waals surface area contributed by atoms with Crippen molar-refractivity contribution in [3.8, 4) is 11.5 Å². The maximum absolute atomic E-state index is 12.3. The third kappa shape index (κ3) is 5.35. The summed E-state index contributed by atoms with van der Waals surface area (Å²) in [5.74, 6) is 1.11. The molecule has 158 valence electrons. The van der Waals surface area contributed by atoms with Gasteiger partial charge in [0.05, 0.1) is 32.0 Å². The van der Waals surface area contributed by atoms with Gasteiger partial charge in [0.1, 0.15) is 11.5 Å². The number of aromatic nitrogens is 2. The summed E-state index contributed by atoms with van der Waals surface area (Å²) in [5.41, 5.74) is 1.48. The van der Waals surface area contributed by atoms with Crippen molar-refractivity contribution in [3.63, 3.8) is 0 Å². The Labute approximate surface area is 174 Å². The highest BCUT2D eigenvalue weighted by Gasteiger charge is 2.14. The summed E-state index contributed by atoms with van der Waals surface area (Å²) in [6.07, 6.45) is 1.51. The zero-order chi connectivity index (χ0) is 21.7. The molecule has 0 aliphatic rings. The molecule has 0 bridgehead atoms. The lowest BCUT2D eigenvalue weighted by atomic mass is 10.1. The lowest BCUT2D eigenvalue weighted by Crippen LogP contribution is -2.15. The SMILES string of the molecule is COc1ccc(CC(=O)Nc2nnc(Cc3ccc(S(C)(=O)=O)cc3)o2)c(OC)c1. The van der Waals surface area contributed by atoms with Crippen LogP contribution in [0.3, 0.4) is 0 Å². The van der Waals surface area contributed by atoms with Crippen molar-refractivity contribution in [2.24, 2.45) is 0 Å². The summed E-state index contributed by atoms with van der Waals surface area (Å²) in [4.78, 5) is 12.6. The molecule has 0 fully saturated rings. The molecular weight excluding hydrogens is 410 g/mol. The number of nitrogens with one attached hydrogen (secondary N) is 1. The number of sulfone groups is 1. The Kier molecular flexibility index (Phi) is 6.36. The topological polar surface area (TPSA) is 121 Å². The second kappa shape index (κ2) is 8.95. The van der Waals surface area contributed by atoms with Crippen LogP contribution in [0.15, 0.2) is 51.8 Å². The van der Waals surface area contributed by atoms with Gasteiger partial charge >= 0.3 is 6.01 Å². The molecule has 1 aromatic heterocycles. The Hall–Kier alpha value is -3.40. The molecule has 2 aromatic carbocycles. The van der Waals surface area contributed by atoms with Crippen LogP contribution in [0.5, 0.6) is 11.5 Å². The molecule has 0 unspecified atom stereocenters. The summed E-state index contributed by atoms with van der Waals surface area (Å²) in [6, 6.07) is 11.6. The second-order valence-electron chi connectivity index (χ2n) is 6.50. The standard InChI is InChI=1S/C20H21N3O6S/c1-27-15-7-6-14(17(12-15)28-2)11-18(24)21-20-23-22-19(29-20)10-13-4-8-16(9-5-13)30(3,25)26/h4-9,12H,10-11H2,1-3H3,(H,21,23,24). The lowest BCUT2D eigenvalue weighted by Gasteiger charge is -2.09. The van der Waals surface area contributed by atoms with Gasteiger partial charge in [-0.3, -0.25) is 10.1 Å². The molecule has 0 aliphatic carbocycles. The van der Waals surface area contributed by atoms with E-state index in [0.717, 1.165) is 11.8 Å². The fourth-order valence-corrected chi connectivity index (χ4v) is 3.37. The van der Waals surface area contributed by atoms with Gasteiger partial charge in [-0.2, -0.15) is 0 Å². The number of anilines is 1. The van der Waals surface area contributed by atoms with Crippen molar-refractivity contribution in [3.05, 3.63) is 59.5 Å². The van der Waals surface area contributed by atoms with E-state index >= 15 is 0 Å². The first-order valence-electron chi connectivity index (χ1n) is 8.90. The molecule has 0 radical (unpaired) electrons. The van der Waals surface area contributed by atoms with Crippen LogP contribution in [0.4, 0.5) is 6.01 Å². The van der Waals surface area contributed by atoms with E-state index in [-0.39, 0.29) is 23.2 Å². The van der Waals surface area contributed by atoms with Crippen LogP contribution in [0, 0.1) is 0 Å². The van der Waals surface area contributed by atoms with E-state index in [1.165, 1.54) is 19.2 Å². The fourth-order valence-electron chi connectivity index (χ4n) is 2.74. The number of carbonyl (C=O) groups is 1. The molecule has 1 N–H and O–H groups in total. The van der Waals surface area contributed by atoms with Crippen LogP contribution in [0.25, 0.3) is 0 Å². The van der Waals surface area contributed by atoms with Crippen LogP contribution in [-0.2, 0) is 27.5 Å². The molecule has 10 heteroatoms. The minimum Gasteiger partial charge on any atom is -0.497 e. The first kappa shape index (κ1) is 21.3. The average Bonchev–Trinajstić information content (AvgIpc) is 3.14. The summed E-state index contributed by atoms with van der Waals surface area (Å²) in [7, 11) is -0.185. The molecule has 1 amide bonds. The third-order valence-electron chi connectivity index (χ3n) is 4.27. The highest BCUT2D eigenvalue weighted by atomic mass is 32.2. The van der Waals surface area contributed by atoms with E-state index in [1.54, 1.807) is 37.4 Å². The molecule has 0 saturated carbocycles. The fraction of sp³-hybridized carbons (Fsp3) is 0.250. The molecule has 1 heterocycles. The molecule has 0 spiro atoms. The van der Waals surface area contributed by atoms with Crippen molar-refractivity contribution < 1.29 is 27.1 Å². The van der Waals surface area contributed by atoms with Gasteiger partial charge in [-0.15, -0.1) is 5.10 Å². The average molecular weight is 431 g/mol. The van der Waals surface area contributed by atoms with Crippen molar-refractivity contribution >= 4 is 21.8 Å². The molecule has 3 aromatic rings. The minimum atomic E-state index is -3.25. The maximum Gasteiger partial charge on any atom is 0.322 e. The van der Waals surface area contributed by atoms with Gasteiger partial charge in [0, 0.05) is 17.9 Å². The van der Waals surface area contributed by atoms with Gasteiger partial charge in [0.15, 0.2) is 9.84 Å². The molecule has 30 heavy (non-hydrogen) atoms. The van der Waals surface area contributed by atoms with Crippen LogP contribution >= 0.6 is 0 Å². The van der Waals surface area contributed by atoms with Crippen molar-refractivity contribution in [2.45, 2.75) is 17.7 Å². The maximum atomic E-state index is 12.3. The molecule has 3 rings (SSSR count). The Morgan fingerprint density at radius 3 is 2.43 bits per heavy atom. The lowest BCUT2D eigenvalue weighted by molar-refractivity contribution is -0.115. The Balaban J connectivity index is 1.62. The number of benzene rings is 2. The smallest absolute Gasteiger partial charge is 0.322 e. The van der Waals surface area contributed by atoms with Crippen LogP contribution in [-0.4, -0.2) is 45.0 Å². The third-order valence-corrected chi connectivity index (χ3v) is 5.39. The van der Waals surface area contributed by atoms with Gasteiger partial charge < -0.3 is 13.9 Å². The van der Waals surface area contributed by atoms with Crippen molar-refractivity contribution in [2.75, 3.05) is 25.8 Å². The predicted octanol–water partition coefficient (Wildman–Crippen LogP) is 2.26. The summed E-state index contributed by atoms with van der Waals surface area (Å²) in [5, 5.41) is 10.3. The van der Waals surface area contributed by atoms with Gasteiger partial charge in [-0.05, 0) is 23.8 Å². The van der Waals surface area contributed by atoms with E-state index < -0.39 is 9.84 Å². The quantitative estimate of drug-likeness (QED) is 0.577. The number of rotatable bonds is 8. The van der Waals surface area contributed by atoms with Gasteiger partial charge in [0.25, 0.3) is 0 Å². The largest absolute Gasteiger partial charge is 0.497 e. The number of methoxy groups -OCH3 is 2. The zero-order valence-corrected chi connectivity index (χ0v) is 17.5. The number of hydrogen-bond donors (Lipinski definition) is 1. The molecule has 0 atom stereocenters. The number of nitrogens with zero attached hydrogens (tertiary/aromatic N) is 2. The summed E-state index contributed by atoms with van der Waals surface area (Å²) < 4.78 is 38.9. The van der Waals surface area contributed by atoms with E-state index in [0.29, 0.717) is 29.4 Å². The monoisotopic (exact) mass is 431 g/mol.